The highest BCUT2D eigenvalue weighted by Gasteiger charge is 2.39. The first-order chi connectivity index (χ1) is 15.7. The second-order valence-electron chi connectivity index (χ2n) is 9.54. The number of carbonyl (C=O) groups excluding carboxylic acids is 2. The van der Waals surface area contributed by atoms with Crippen molar-refractivity contribution in [3.8, 4) is 17.2 Å². The monoisotopic (exact) mass is 469 g/mol. The molecule has 0 saturated carbocycles. The van der Waals surface area contributed by atoms with Gasteiger partial charge in [-0.1, -0.05) is 37.7 Å². The van der Waals surface area contributed by atoms with Gasteiger partial charge in [0, 0.05) is 0 Å². The number of phenols is 1. The molecular formula is C26H31NO5S. The van der Waals surface area contributed by atoms with Gasteiger partial charge in [-0.05, 0) is 85.9 Å². The highest BCUT2D eigenvalue weighted by atomic mass is 32.2. The number of imide groups is 1. The first-order valence-corrected chi connectivity index (χ1v) is 12.3. The number of carbonyl (C=O) groups is 2. The molecule has 4 rings (SSSR count). The lowest BCUT2D eigenvalue weighted by molar-refractivity contribution is -0.118. The van der Waals surface area contributed by atoms with Gasteiger partial charge in [0.2, 0.25) is 5.91 Å². The van der Waals surface area contributed by atoms with Crippen LogP contribution in [0.25, 0.3) is 0 Å². The molecular weight excluding hydrogens is 438 g/mol. The lowest BCUT2D eigenvalue weighted by Gasteiger charge is -2.40. The maximum Gasteiger partial charge on any atom is 0.286 e. The largest absolute Gasteiger partial charge is 0.508 e. The van der Waals surface area contributed by atoms with E-state index in [0.29, 0.717) is 24.7 Å². The van der Waals surface area contributed by atoms with Crippen LogP contribution < -0.4 is 14.8 Å². The Labute approximate surface area is 199 Å². The van der Waals surface area contributed by atoms with E-state index in [1.807, 2.05) is 44.2 Å². The van der Waals surface area contributed by atoms with Gasteiger partial charge >= 0.3 is 0 Å². The van der Waals surface area contributed by atoms with Crippen LogP contribution in [0.3, 0.4) is 0 Å². The topological polar surface area (TPSA) is 84.9 Å². The molecule has 2 aromatic rings. The molecule has 0 radical (unpaired) electrons. The Balaban J connectivity index is 1.46. The third-order valence-corrected chi connectivity index (χ3v) is 7.43. The van der Waals surface area contributed by atoms with Gasteiger partial charge in [-0.3, -0.25) is 14.9 Å². The fraction of sp³-hybridized carbons (Fsp3) is 0.462. The zero-order valence-corrected chi connectivity index (χ0v) is 20.4. The second-order valence-corrected chi connectivity index (χ2v) is 10.7. The quantitative estimate of drug-likeness (QED) is 0.587. The molecule has 2 unspecified atom stereocenters. The third-order valence-electron chi connectivity index (χ3n) is 6.45. The van der Waals surface area contributed by atoms with Crippen molar-refractivity contribution in [3.63, 3.8) is 0 Å². The number of nitrogens with one attached hydrogen (secondary N) is 1. The molecule has 33 heavy (non-hydrogen) atoms. The van der Waals surface area contributed by atoms with E-state index in [0.717, 1.165) is 64.8 Å². The summed E-state index contributed by atoms with van der Waals surface area (Å²) in [5.41, 5.74) is 3.42. The van der Waals surface area contributed by atoms with Crippen LogP contribution in [0.2, 0.25) is 0 Å². The molecule has 1 fully saturated rings. The van der Waals surface area contributed by atoms with Crippen molar-refractivity contribution in [2.75, 3.05) is 6.61 Å². The third kappa shape index (κ3) is 5.13. The minimum absolute atomic E-state index is 0.227. The van der Waals surface area contributed by atoms with Gasteiger partial charge < -0.3 is 14.6 Å². The SMILES string of the molecule is Cc1c(O)cc2c(c1C)OC(COc1ccc(CC3SC(=O)NC3=O)cc1)(CC(C)C)CC2. The lowest BCUT2D eigenvalue weighted by Crippen LogP contribution is -2.46. The molecule has 2 aromatic carbocycles. The summed E-state index contributed by atoms with van der Waals surface area (Å²) in [6.45, 7) is 8.71. The van der Waals surface area contributed by atoms with Crippen molar-refractivity contribution < 1.29 is 24.2 Å². The highest BCUT2D eigenvalue weighted by molar-refractivity contribution is 8.15. The summed E-state index contributed by atoms with van der Waals surface area (Å²) < 4.78 is 12.8. The Morgan fingerprint density at radius 1 is 1.21 bits per heavy atom. The number of thioether (sulfide) groups is 1. The fourth-order valence-electron chi connectivity index (χ4n) is 4.63. The number of aryl methyl sites for hydroxylation is 1. The minimum atomic E-state index is -0.438. The van der Waals surface area contributed by atoms with E-state index < -0.39 is 5.60 Å². The number of hydrogen-bond acceptors (Lipinski definition) is 6. The smallest absolute Gasteiger partial charge is 0.286 e. The Morgan fingerprint density at radius 3 is 2.58 bits per heavy atom. The standard InChI is InChI=1S/C26H31NO5S/c1-15(2)13-26(10-9-19-12-21(28)16(3)17(4)23(19)32-26)14-31-20-7-5-18(6-8-20)11-22-24(29)27-25(30)33-22/h5-8,12,15,22,28H,9-11,13-14H2,1-4H3,(H,27,29,30). The van der Waals surface area contributed by atoms with Crippen molar-refractivity contribution >= 4 is 22.9 Å². The van der Waals surface area contributed by atoms with Crippen molar-refractivity contribution in [1.29, 1.82) is 0 Å². The van der Waals surface area contributed by atoms with Gasteiger partial charge in [0.05, 0.1) is 5.25 Å². The molecule has 0 aliphatic carbocycles. The zero-order chi connectivity index (χ0) is 23.8. The van der Waals surface area contributed by atoms with Gasteiger partial charge in [-0.2, -0.15) is 0 Å². The number of benzene rings is 2. The van der Waals surface area contributed by atoms with E-state index in [-0.39, 0.29) is 16.4 Å². The Kier molecular flexibility index (Phi) is 6.61. The van der Waals surface area contributed by atoms with Crippen LogP contribution in [-0.2, 0) is 17.6 Å². The van der Waals surface area contributed by atoms with Crippen LogP contribution in [-0.4, -0.2) is 33.7 Å². The van der Waals surface area contributed by atoms with Gasteiger partial charge in [0.25, 0.3) is 5.24 Å². The first kappa shape index (κ1) is 23.5. The summed E-state index contributed by atoms with van der Waals surface area (Å²) in [6, 6.07) is 9.51. The summed E-state index contributed by atoms with van der Waals surface area (Å²) in [5, 5.41) is 11.9. The number of fused-ring (bicyclic) bond motifs is 1. The first-order valence-electron chi connectivity index (χ1n) is 11.4. The molecule has 2 N–H and O–H groups in total. The van der Waals surface area contributed by atoms with Crippen molar-refractivity contribution in [2.24, 2.45) is 5.92 Å². The number of amides is 2. The predicted octanol–water partition coefficient (Wildman–Crippen LogP) is 5.09. The Bertz CT molecular complexity index is 1070. The van der Waals surface area contributed by atoms with Gasteiger partial charge in [-0.15, -0.1) is 0 Å². The number of hydrogen-bond donors (Lipinski definition) is 2. The van der Waals surface area contributed by atoms with Crippen molar-refractivity contribution in [2.45, 2.75) is 64.2 Å². The van der Waals surface area contributed by atoms with Crippen LogP contribution >= 0.6 is 11.8 Å². The number of ether oxygens (including phenoxy) is 2. The minimum Gasteiger partial charge on any atom is -0.508 e. The lowest BCUT2D eigenvalue weighted by atomic mass is 9.83. The van der Waals surface area contributed by atoms with Crippen LogP contribution in [0, 0.1) is 19.8 Å². The van der Waals surface area contributed by atoms with Gasteiger partial charge in [0.1, 0.15) is 29.5 Å². The summed E-state index contributed by atoms with van der Waals surface area (Å²) in [5.74, 6) is 2.15. The number of aromatic hydroxyl groups is 1. The highest BCUT2D eigenvalue weighted by Crippen LogP contribution is 2.42. The van der Waals surface area contributed by atoms with Gasteiger partial charge in [0.15, 0.2) is 0 Å². The van der Waals surface area contributed by atoms with Crippen LogP contribution in [0.4, 0.5) is 4.79 Å². The van der Waals surface area contributed by atoms with E-state index in [1.165, 1.54) is 0 Å². The maximum absolute atomic E-state index is 11.8. The van der Waals surface area contributed by atoms with Crippen LogP contribution in [0.5, 0.6) is 17.2 Å². The summed E-state index contributed by atoms with van der Waals surface area (Å²) in [6.07, 6.45) is 3.02. The summed E-state index contributed by atoms with van der Waals surface area (Å²) >= 11 is 1.04. The molecule has 0 bridgehead atoms. The van der Waals surface area contributed by atoms with Crippen molar-refractivity contribution in [1.82, 2.24) is 5.32 Å². The van der Waals surface area contributed by atoms with E-state index >= 15 is 0 Å². The Morgan fingerprint density at radius 2 is 1.94 bits per heavy atom. The molecule has 2 aliphatic heterocycles. The molecule has 2 amide bonds. The van der Waals surface area contributed by atoms with Gasteiger partial charge in [-0.25, -0.2) is 0 Å². The van der Waals surface area contributed by atoms with Crippen LogP contribution in [0.1, 0.15) is 48.9 Å². The normalized spacial score (nSPS) is 22.2. The van der Waals surface area contributed by atoms with E-state index in [1.54, 1.807) is 0 Å². The predicted molar refractivity (Wildman–Crippen MR) is 129 cm³/mol. The molecule has 2 atom stereocenters. The maximum atomic E-state index is 11.8. The molecule has 1 saturated heterocycles. The molecule has 176 valence electrons. The molecule has 7 heteroatoms. The molecule has 6 nitrogen and oxygen atoms in total. The molecule has 2 aliphatic rings. The fourth-order valence-corrected chi connectivity index (χ4v) is 5.49. The number of phenolic OH excluding ortho intramolecular Hbond substituents is 1. The average Bonchev–Trinajstić information content (AvgIpc) is 3.08. The van der Waals surface area contributed by atoms with E-state index in [9.17, 15) is 14.7 Å². The Hall–Kier alpha value is -2.67. The number of rotatable bonds is 7. The second kappa shape index (κ2) is 9.29. The van der Waals surface area contributed by atoms with E-state index in [4.69, 9.17) is 9.47 Å². The molecule has 0 spiro atoms. The molecule has 0 aromatic heterocycles. The van der Waals surface area contributed by atoms with Crippen LogP contribution in [0.15, 0.2) is 30.3 Å². The average molecular weight is 470 g/mol. The molecule has 2 heterocycles. The summed E-state index contributed by atoms with van der Waals surface area (Å²) in [7, 11) is 0. The summed E-state index contributed by atoms with van der Waals surface area (Å²) in [4.78, 5) is 23.2. The zero-order valence-electron chi connectivity index (χ0n) is 19.6. The van der Waals surface area contributed by atoms with Crippen molar-refractivity contribution in [3.05, 3.63) is 52.6 Å². The van der Waals surface area contributed by atoms with E-state index in [2.05, 4.69) is 19.2 Å².